The van der Waals surface area contributed by atoms with Crippen molar-refractivity contribution in [1.82, 2.24) is 9.80 Å². The van der Waals surface area contributed by atoms with Crippen LogP contribution in [0.5, 0.6) is 0 Å². The van der Waals surface area contributed by atoms with Crippen molar-refractivity contribution in [2.45, 2.75) is 32.9 Å². The summed E-state index contributed by atoms with van der Waals surface area (Å²) in [5.74, 6) is 0.0537. The fourth-order valence-electron chi connectivity index (χ4n) is 3.57. The average Bonchev–Trinajstić information content (AvgIpc) is 3.10. The van der Waals surface area contributed by atoms with Gasteiger partial charge in [0.15, 0.2) is 0 Å². The van der Waals surface area contributed by atoms with Crippen molar-refractivity contribution < 1.29 is 14.3 Å². The van der Waals surface area contributed by atoms with Gasteiger partial charge in [0, 0.05) is 19.6 Å². The van der Waals surface area contributed by atoms with Crippen LogP contribution in [-0.2, 0) is 16.1 Å². The highest BCUT2D eigenvalue weighted by atomic mass is 16.6. The lowest BCUT2D eigenvalue weighted by Gasteiger charge is -2.23. The molecule has 124 valence electrons. The van der Waals surface area contributed by atoms with Gasteiger partial charge in [-0.2, -0.15) is 0 Å². The van der Waals surface area contributed by atoms with Gasteiger partial charge in [-0.3, -0.25) is 9.69 Å². The third-order valence-electron chi connectivity index (χ3n) is 4.92. The highest BCUT2D eigenvalue weighted by Crippen LogP contribution is 2.29. The summed E-state index contributed by atoms with van der Waals surface area (Å²) in [6.45, 7) is 6.83. The number of nitrogens with zero attached hydrogens (tertiary/aromatic N) is 2. The van der Waals surface area contributed by atoms with Crippen molar-refractivity contribution >= 4 is 12.0 Å². The SMILES string of the molecule is CC[C@H]1COC(=O)N1C(=O)[C@H]1CN(Cc2ccccc2)C[C@@H]1C. The maximum absolute atomic E-state index is 12.8. The molecule has 0 aliphatic carbocycles. The maximum atomic E-state index is 12.8. The van der Waals surface area contributed by atoms with Crippen LogP contribution in [0.1, 0.15) is 25.8 Å². The molecule has 0 bridgehead atoms. The molecule has 3 rings (SSSR count). The largest absolute Gasteiger partial charge is 0.447 e. The topological polar surface area (TPSA) is 49.9 Å². The Morgan fingerprint density at radius 1 is 1.26 bits per heavy atom. The summed E-state index contributed by atoms with van der Waals surface area (Å²) in [7, 11) is 0. The number of amides is 2. The molecule has 1 aromatic carbocycles. The van der Waals surface area contributed by atoms with E-state index in [9.17, 15) is 9.59 Å². The second kappa shape index (κ2) is 6.71. The van der Waals surface area contributed by atoms with E-state index in [1.807, 2.05) is 25.1 Å². The van der Waals surface area contributed by atoms with E-state index in [4.69, 9.17) is 4.74 Å². The van der Waals surface area contributed by atoms with Gasteiger partial charge in [-0.25, -0.2) is 9.69 Å². The second-order valence-corrected chi connectivity index (χ2v) is 6.61. The second-order valence-electron chi connectivity index (χ2n) is 6.61. The molecule has 5 heteroatoms. The van der Waals surface area contributed by atoms with E-state index in [1.54, 1.807) is 0 Å². The summed E-state index contributed by atoms with van der Waals surface area (Å²) in [6.07, 6.45) is 0.266. The predicted molar refractivity (Wildman–Crippen MR) is 86.6 cm³/mol. The molecule has 0 aromatic heterocycles. The molecule has 2 heterocycles. The Morgan fingerprint density at radius 2 is 2.00 bits per heavy atom. The molecule has 2 aliphatic heterocycles. The summed E-state index contributed by atoms with van der Waals surface area (Å²) >= 11 is 0. The van der Waals surface area contributed by atoms with Crippen LogP contribution in [0, 0.1) is 11.8 Å². The Hall–Kier alpha value is -1.88. The molecule has 0 saturated carbocycles. The zero-order valence-corrected chi connectivity index (χ0v) is 13.8. The normalized spacial score (nSPS) is 28.2. The minimum absolute atomic E-state index is 0.0672. The van der Waals surface area contributed by atoms with Gasteiger partial charge in [0.25, 0.3) is 0 Å². The van der Waals surface area contributed by atoms with Crippen molar-refractivity contribution in [3.63, 3.8) is 0 Å². The molecule has 2 saturated heterocycles. The first kappa shape index (κ1) is 16.0. The standard InChI is InChI=1S/C18H24N2O3/c1-3-15-12-23-18(22)20(15)17(21)16-11-19(9-13(16)2)10-14-7-5-4-6-8-14/h4-8,13,15-16H,3,9-12H2,1-2H3/t13-,15-,16-/m0/s1. The van der Waals surface area contributed by atoms with E-state index >= 15 is 0 Å². The number of carbonyl (C=O) groups excluding carboxylic acids is 2. The molecule has 3 atom stereocenters. The van der Waals surface area contributed by atoms with Gasteiger partial charge < -0.3 is 4.74 Å². The molecule has 2 fully saturated rings. The predicted octanol–water partition coefficient (Wildman–Crippen LogP) is 2.51. The van der Waals surface area contributed by atoms with Gasteiger partial charge in [0.1, 0.15) is 6.61 Å². The Bertz CT molecular complexity index is 575. The molecular weight excluding hydrogens is 292 g/mol. The first-order valence-corrected chi connectivity index (χ1v) is 8.36. The van der Waals surface area contributed by atoms with Gasteiger partial charge in [-0.1, -0.05) is 44.2 Å². The summed E-state index contributed by atoms with van der Waals surface area (Å²) in [6, 6.07) is 10.2. The van der Waals surface area contributed by atoms with E-state index in [1.165, 1.54) is 10.5 Å². The van der Waals surface area contributed by atoms with Gasteiger partial charge in [-0.15, -0.1) is 0 Å². The molecule has 0 radical (unpaired) electrons. The highest BCUT2D eigenvalue weighted by Gasteiger charge is 2.44. The molecule has 0 spiro atoms. The van der Waals surface area contributed by atoms with E-state index in [2.05, 4.69) is 24.0 Å². The molecule has 5 nitrogen and oxygen atoms in total. The molecule has 2 amide bonds. The molecular formula is C18H24N2O3. The Kier molecular flexibility index (Phi) is 4.66. The number of hydrogen-bond acceptors (Lipinski definition) is 4. The maximum Gasteiger partial charge on any atom is 0.416 e. The summed E-state index contributed by atoms with van der Waals surface area (Å²) < 4.78 is 5.06. The summed E-state index contributed by atoms with van der Waals surface area (Å²) in [4.78, 5) is 28.4. The number of carbonyl (C=O) groups is 2. The first-order valence-electron chi connectivity index (χ1n) is 8.36. The third-order valence-corrected chi connectivity index (χ3v) is 4.92. The zero-order chi connectivity index (χ0) is 16.4. The van der Waals surface area contributed by atoms with Crippen LogP contribution in [0.3, 0.4) is 0 Å². The van der Waals surface area contributed by atoms with Crippen LogP contribution in [-0.4, -0.2) is 47.5 Å². The Morgan fingerprint density at radius 3 is 2.70 bits per heavy atom. The summed E-state index contributed by atoms with van der Waals surface area (Å²) in [5.41, 5.74) is 1.25. The monoisotopic (exact) mass is 316 g/mol. The van der Waals surface area contributed by atoms with Crippen molar-refractivity contribution in [3.05, 3.63) is 35.9 Å². The van der Waals surface area contributed by atoms with Crippen LogP contribution < -0.4 is 0 Å². The number of ether oxygens (including phenoxy) is 1. The minimum Gasteiger partial charge on any atom is -0.447 e. The van der Waals surface area contributed by atoms with Gasteiger partial charge in [0.05, 0.1) is 12.0 Å². The van der Waals surface area contributed by atoms with E-state index < -0.39 is 6.09 Å². The van der Waals surface area contributed by atoms with Crippen LogP contribution in [0.2, 0.25) is 0 Å². The number of cyclic esters (lactones) is 1. The molecule has 2 aliphatic rings. The lowest BCUT2D eigenvalue weighted by atomic mass is 9.96. The quantitative estimate of drug-likeness (QED) is 0.856. The van der Waals surface area contributed by atoms with Gasteiger partial charge in [-0.05, 0) is 17.9 Å². The fraction of sp³-hybridized carbons (Fsp3) is 0.556. The molecule has 0 N–H and O–H groups in total. The number of likely N-dealkylation sites (tertiary alicyclic amines) is 1. The number of hydrogen-bond donors (Lipinski definition) is 0. The van der Waals surface area contributed by atoms with Crippen molar-refractivity contribution in [2.75, 3.05) is 19.7 Å². The van der Waals surface area contributed by atoms with Gasteiger partial charge >= 0.3 is 6.09 Å². The van der Waals surface area contributed by atoms with Crippen molar-refractivity contribution in [3.8, 4) is 0 Å². The lowest BCUT2D eigenvalue weighted by Crippen LogP contribution is -2.44. The van der Waals surface area contributed by atoms with E-state index in [0.717, 1.165) is 19.5 Å². The third kappa shape index (κ3) is 3.24. The minimum atomic E-state index is -0.476. The van der Waals surface area contributed by atoms with E-state index in [-0.39, 0.29) is 23.8 Å². The van der Waals surface area contributed by atoms with Crippen LogP contribution in [0.25, 0.3) is 0 Å². The lowest BCUT2D eigenvalue weighted by molar-refractivity contribution is -0.134. The number of imide groups is 1. The van der Waals surface area contributed by atoms with Crippen LogP contribution in [0.15, 0.2) is 30.3 Å². The average molecular weight is 316 g/mol. The first-order chi connectivity index (χ1) is 11.1. The Labute approximate surface area is 137 Å². The fourth-order valence-corrected chi connectivity index (χ4v) is 3.57. The highest BCUT2D eigenvalue weighted by molar-refractivity contribution is 5.95. The number of benzene rings is 1. The molecule has 0 unspecified atom stereocenters. The number of rotatable bonds is 4. The van der Waals surface area contributed by atoms with Crippen molar-refractivity contribution in [1.29, 1.82) is 0 Å². The zero-order valence-electron chi connectivity index (χ0n) is 13.8. The smallest absolute Gasteiger partial charge is 0.416 e. The molecule has 23 heavy (non-hydrogen) atoms. The molecule has 1 aromatic rings. The Balaban J connectivity index is 1.66. The summed E-state index contributed by atoms with van der Waals surface area (Å²) in [5, 5.41) is 0. The van der Waals surface area contributed by atoms with E-state index in [0.29, 0.717) is 13.2 Å². The van der Waals surface area contributed by atoms with Crippen molar-refractivity contribution in [2.24, 2.45) is 11.8 Å². The van der Waals surface area contributed by atoms with Crippen LogP contribution in [0.4, 0.5) is 4.79 Å². The van der Waals surface area contributed by atoms with Gasteiger partial charge in [0.2, 0.25) is 5.91 Å². The van der Waals surface area contributed by atoms with Crippen LogP contribution >= 0.6 is 0 Å².